The molecule has 0 radical (unpaired) electrons. The number of aryl methyl sites for hydroxylation is 1. The summed E-state index contributed by atoms with van der Waals surface area (Å²) in [5.74, 6) is 0. The van der Waals surface area contributed by atoms with Crippen LogP contribution in [0, 0.1) is 0 Å². The Morgan fingerprint density at radius 2 is 2.46 bits per heavy atom. The van der Waals surface area contributed by atoms with E-state index in [1.807, 2.05) is 12.5 Å². The van der Waals surface area contributed by atoms with E-state index in [-0.39, 0.29) is 6.04 Å². The number of nitrogens with zero attached hydrogens (tertiary/aromatic N) is 2. The van der Waals surface area contributed by atoms with E-state index in [4.69, 9.17) is 5.73 Å². The fourth-order valence-electron chi connectivity index (χ4n) is 1.66. The maximum Gasteiger partial charge on any atom is 0.187 e. The lowest BCUT2D eigenvalue weighted by atomic mass is 9.93. The molecule has 1 aliphatic rings. The monoisotopic (exact) mass is 195 g/mol. The Balaban J connectivity index is 2.39. The number of thioether (sulfide) groups is 1. The van der Waals surface area contributed by atoms with E-state index >= 15 is 0 Å². The van der Waals surface area contributed by atoms with Crippen molar-refractivity contribution < 1.29 is 0 Å². The van der Waals surface area contributed by atoms with Gasteiger partial charge in [-0.1, -0.05) is 11.8 Å². The van der Waals surface area contributed by atoms with Gasteiger partial charge in [0, 0.05) is 23.5 Å². The molecule has 0 fully saturated rings. The summed E-state index contributed by atoms with van der Waals surface area (Å²) < 4.78 is 0. The predicted octanol–water partition coefficient (Wildman–Crippen LogP) is 1.53. The highest BCUT2D eigenvalue weighted by Crippen LogP contribution is 2.26. The molecule has 1 aromatic rings. The lowest BCUT2D eigenvalue weighted by Gasteiger charge is -2.20. The van der Waals surface area contributed by atoms with E-state index < -0.39 is 0 Å². The van der Waals surface area contributed by atoms with Crippen molar-refractivity contribution in [1.29, 1.82) is 0 Å². The van der Waals surface area contributed by atoms with Crippen LogP contribution >= 0.6 is 11.8 Å². The number of hydrogen-bond acceptors (Lipinski definition) is 4. The number of hydrogen-bond donors (Lipinski definition) is 1. The molecule has 0 amide bonds. The fourth-order valence-corrected chi connectivity index (χ4v) is 2.02. The maximum absolute atomic E-state index is 5.95. The molecule has 4 heteroatoms. The first-order valence-corrected chi connectivity index (χ1v) is 5.69. The van der Waals surface area contributed by atoms with Crippen molar-refractivity contribution in [3.8, 4) is 0 Å². The molecular formula is C9H13N3S. The minimum Gasteiger partial charge on any atom is -0.324 e. The Bertz CT molecular complexity index is 314. The van der Waals surface area contributed by atoms with Gasteiger partial charge in [-0.15, -0.1) is 0 Å². The summed E-state index contributed by atoms with van der Waals surface area (Å²) in [6.07, 6.45) is 7.15. The third kappa shape index (κ3) is 1.69. The number of nitrogens with two attached hydrogens (primary N) is 1. The summed E-state index contributed by atoms with van der Waals surface area (Å²) in [7, 11) is 0. The van der Waals surface area contributed by atoms with Crippen molar-refractivity contribution in [1.82, 2.24) is 9.97 Å². The lowest BCUT2D eigenvalue weighted by Crippen LogP contribution is -2.19. The van der Waals surface area contributed by atoms with Gasteiger partial charge < -0.3 is 5.73 Å². The average Bonchev–Trinajstić information content (AvgIpc) is 2.18. The molecule has 0 saturated carbocycles. The molecule has 1 unspecified atom stereocenters. The summed E-state index contributed by atoms with van der Waals surface area (Å²) in [5, 5.41) is 0.854. The SMILES string of the molecule is CSc1ncc2c(n1)CCCC2N. The van der Waals surface area contributed by atoms with Gasteiger partial charge in [0.25, 0.3) is 0 Å². The van der Waals surface area contributed by atoms with Gasteiger partial charge in [0.05, 0.1) is 0 Å². The van der Waals surface area contributed by atoms with Crippen LogP contribution in [-0.4, -0.2) is 16.2 Å². The molecule has 0 saturated heterocycles. The van der Waals surface area contributed by atoms with E-state index in [1.165, 1.54) is 0 Å². The van der Waals surface area contributed by atoms with Crippen LogP contribution in [0.5, 0.6) is 0 Å². The molecule has 1 atom stereocenters. The van der Waals surface area contributed by atoms with Crippen LogP contribution in [0.3, 0.4) is 0 Å². The van der Waals surface area contributed by atoms with Crippen LogP contribution in [0.25, 0.3) is 0 Å². The van der Waals surface area contributed by atoms with Gasteiger partial charge in [0.1, 0.15) is 0 Å². The van der Waals surface area contributed by atoms with Crippen LogP contribution < -0.4 is 5.73 Å². The molecule has 3 nitrogen and oxygen atoms in total. The number of rotatable bonds is 1. The maximum atomic E-state index is 5.95. The zero-order chi connectivity index (χ0) is 9.26. The summed E-state index contributed by atoms with van der Waals surface area (Å²) in [5.41, 5.74) is 8.24. The lowest BCUT2D eigenvalue weighted by molar-refractivity contribution is 0.550. The van der Waals surface area contributed by atoms with E-state index in [1.54, 1.807) is 11.8 Å². The minimum atomic E-state index is 0.152. The number of fused-ring (bicyclic) bond motifs is 1. The summed E-state index contributed by atoms with van der Waals surface area (Å²) in [4.78, 5) is 8.69. The van der Waals surface area contributed by atoms with Crippen LogP contribution in [-0.2, 0) is 6.42 Å². The van der Waals surface area contributed by atoms with Gasteiger partial charge in [0.2, 0.25) is 0 Å². The van der Waals surface area contributed by atoms with Crippen LogP contribution in [0.15, 0.2) is 11.4 Å². The van der Waals surface area contributed by atoms with Gasteiger partial charge in [-0.3, -0.25) is 0 Å². The average molecular weight is 195 g/mol. The molecule has 0 aliphatic heterocycles. The molecule has 70 valence electrons. The van der Waals surface area contributed by atoms with Crippen molar-refractivity contribution in [2.45, 2.75) is 30.5 Å². The largest absolute Gasteiger partial charge is 0.324 e. The minimum absolute atomic E-state index is 0.152. The molecule has 13 heavy (non-hydrogen) atoms. The van der Waals surface area contributed by atoms with Crippen LogP contribution in [0.1, 0.15) is 30.1 Å². The molecule has 1 heterocycles. The van der Waals surface area contributed by atoms with Crippen molar-refractivity contribution in [3.05, 3.63) is 17.5 Å². The molecule has 0 aromatic carbocycles. The molecular weight excluding hydrogens is 182 g/mol. The van der Waals surface area contributed by atoms with Gasteiger partial charge >= 0.3 is 0 Å². The Kier molecular flexibility index (Phi) is 2.51. The Hall–Kier alpha value is -0.610. The van der Waals surface area contributed by atoms with Crippen molar-refractivity contribution in [2.24, 2.45) is 5.73 Å². The summed E-state index contributed by atoms with van der Waals surface area (Å²) in [6.45, 7) is 0. The highest BCUT2D eigenvalue weighted by atomic mass is 32.2. The summed E-state index contributed by atoms with van der Waals surface area (Å²) in [6, 6.07) is 0.152. The van der Waals surface area contributed by atoms with Gasteiger partial charge in [-0.2, -0.15) is 0 Å². The fraction of sp³-hybridized carbons (Fsp3) is 0.556. The van der Waals surface area contributed by atoms with Crippen LogP contribution in [0.4, 0.5) is 0 Å². The Morgan fingerprint density at radius 3 is 3.23 bits per heavy atom. The van der Waals surface area contributed by atoms with E-state index in [0.29, 0.717) is 0 Å². The Morgan fingerprint density at radius 1 is 1.62 bits per heavy atom. The van der Waals surface area contributed by atoms with E-state index in [9.17, 15) is 0 Å². The second kappa shape index (κ2) is 3.64. The van der Waals surface area contributed by atoms with Crippen molar-refractivity contribution >= 4 is 11.8 Å². The zero-order valence-corrected chi connectivity index (χ0v) is 8.47. The molecule has 0 spiro atoms. The van der Waals surface area contributed by atoms with Gasteiger partial charge in [-0.05, 0) is 25.5 Å². The quantitative estimate of drug-likeness (QED) is 0.545. The zero-order valence-electron chi connectivity index (χ0n) is 7.66. The Labute approximate surface area is 82.2 Å². The van der Waals surface area contributed by atoms with E-state index in [0.717, 1.165) is 35.7 Å². The molecule has 1 aromatic heterocycles. The normalized spacial score (nSPS) is 21.2. The molecule has 2 rings (SSSR count). The van der Waals surface area contributed by atoms with Gasteiger partial charge in [0.15, 0.2) is 5.16 Å². The topological polar surface area (TPSA) is 51.8 Å². The highest BCUT2D eigenvalue weighted by molar-refractivity contribution is 7.98. The predicted molar refractivity (Wildman–Crippen MR) is 53.7 cm³/mol. The smallest absolute Gasteiger partial charge is 0.187 e. The molecule has 0 bridgehead atoms. The number of aromatic nitrogens is 2. The standard InChI is InChI=1S/C9H13N3S/c1-13-9-11-5-6-7(10)3-2-4-8(6)12-9/h5,7H,2-4,10H2,1H3. The van der Waals surface area contributed by atoms with Crippen LogP contribution in [0.2, 0.25) is 0 Å². The first-order chi connectivity index (χ1) is 6.31. The van der Waals surface area contributed by atoms with Crippen molar-refractivity contribution in [3.63, 3.8) is 0 Å². The third-order valence-electron chi connectivity index (χ3n) is 2.39. The first-order valence-electron chi connectivity index (χ1n) is 4.46. The first kappa shape index (κ1) is 8.97. The van der Waals surface area contributed by atoms with E-state index in [2.05, 4.69) is 9.97 Å². The third-order valence-corrected chi connectivity index (χ3v) is 2.95. The van der Waals surface area contributed by atoms with Crippen molar-refractivity contribution in [2.75, 3.05) is 6.26 Å². The molecule has 1 aliphatic carbocycles. The molecule has 2 N–H and O–H groups in total. The second-order valence-electron chi connectivity index (χ2n) is 3.26. The van der Waals surface area contributed by atoms with Gasteiger partial charge in [-0.25, -0.2) is 9.97 Å². The summed E-state index contributed by atoms with van der Waals surface area (Å²) >= 11 is 1.58. The second-order valence-corrected chi connectivity index (χ2v) is 4.03. The highest BCUT2D eigenvalue weighted by Gasteiger charge is 2.18.